The molecule has 0 aromatic heterocycles. The molecule has 0 atom stereocenters. The third kappa shape index (κ3) is 2.69. The van der Waals surface area contributed by atoms with Crippen LogP contribution in [-0.4, -0.2) is 13.0 Å². The van der Waals surface area contributed by atoms with Gasteiger partial charge in [-0.1, -0.05) is 25.6 Å². The van der Waals surface area contributed by atoms with Crippen LogP contribution in [0.15, 0.2) is 40.9 Å². The number of hydrogen-bond acceptors (Lipinski definition) is 1. The van der Waals surface area contributed by atoms with Crippen molar-refractivity contribution in [3.8, 4) is 0 Å². The summed E-state index contributed by atoms with van der Waals surface area (Å²) in [6, 6.07) is 7.62. The van der Waals surface area contributed by atoms with Crippen molar-refractivity contribution >= 4 is 27.5 Å². The molecule has 0 aliphatic rings. The Balaban J connectivity index is 2.95. The molecule has 0 N–H and O–H groups in total. The summed E-state index contributed by atoms with van der Waals surface area (Å²) >= 11 is 3.41. The van der Waals surface area contributed by atoms with Gasteiger partial charge in [0.2, 0.25) is 0 Å². The van der Waals surface area contributed by atoms with Crippen molar-refractivity contribution in [3.63, 3.8) is 0 Å². The SMILES string of the molecule is C=C(CC)C(=O)N(C)c1ccccc1Br. The quantitative estimate of drug-likeness (QED) is 0.769. The van der Waals surface area contributed by atoms with Gasteiger partial charge in [-0.25, -0.2) is 0 Å². The summed E-state index contributed by atoms with van der Waals surface area (Å²) in [5.74, 6) is -0.0376. The van der Waals surface area contributed by atoms with Gasteiger partial charge in [-0.2, -0.15) is 0 Å². The Hall–Kier alpha value is -1.09. The van der Waals surface area contributed by atoms with Gasteiger partial charge in [-0.05, 0) is 34.5 Å². The van der Waals surface area contributed by atoms with E-state index in [0.717, 1.165) is 10.2 Å². The topological polar surface area (TPSA) is 20.3 Å². The lowest BCUT2D eigenvalue weighted by Gasteiger charge is -2.19. The van der Waals surface area contributed by atoms with Gasteiger partial charge in [0.15, 0.2) is 0 Å². The Morgan fingerprint density at radius 3 is 2.60 bits per heavy atom. The fourth-order valence-corrected chi connectivity index (χ4v) is 1.77. The van der Waals surface area contributed by atoms with E-state index in [1.165, 1.54) is 0 Å². The van der Waals surface area contributed by atoms with E-state index in [1.807, 2.05) is 31.2 Å². The molecule has 0 saturated heterocycles. The number of carbonyl (C=O) groups excluding carboxylic acids is 1. The molecule has 0 bridgehead atoms. The maximum atomic E-state index is 11.8. The number of hydrogen-bond donors (Lipinski definition) is 0. The Morgan fingerprint density at radius 2 is 2.07 bits per heavy atom. The molecule has 2 nitrogen and oxygen atoms in total. The molecule has 15 heavy (non-hydrogen) atoms. The predicted octanol–water partition coefficient (Wildman–Crippen LogP) is 3.38. The van der Waals surface area contributed by atoms with Crippen LogP contribution in [0.25, 0.3) is 0 Å². The first kappa shape index (κ1) is 12.0. The highest BCUT2D eigenvalue weighted by molar-refractivity contribution is 9.10. The van der Waals surface area contributed by atoms with E-state index in [-0.39, 0.29) is 5.91 Å². The van der Waals surface area contributed by atoms with Crippen LogP contribution < -0.4 is 4.90 Å². The fourth-order valence-electron chi connectivity index (χ4n) is 1.22. The zero-order chi connectivity index (χ0) is 11.4. The fraction of sp³-hybridized carbons (Fsp3) is 0.250. The molecule has 0 fully saturated rings. The molecule has 3 heteroatoms. The predicted molar refractivity (Wildman–Crippen MR) is 67.0 cm³/mol. The number of halogens is 1. The highest BCUT2D eigenvalue weighted by atomic mass is 79.9. The second-order valence-corrected chi connectivity index (χ2v) is 4.13. The third-order valence-electron chi connectivity index (χ3n) is 2.25. The minimum absolute atomic E-state index is 0.0376. The van der Waals surface area contributed by atoms with Gasteiger partial charge in [0, 0.05) is 17.1 Å². The molecule has 0 aliphatic heterocycles. The summed E-state index contributed by atoms with van der Waals surface area (Å²) in [5, 5.41) is 0. The average Bonchev–Trinajstić information content (AvgIpc) is 2.26. The van der Waals surface area contributed by atoms with E-state index in [0.29, 0.717) is 12.0 Å². The summed E-state index contributed by atoms with van der Waals surface area (Å²) in [6.07, 6.45) is 0.674. The van der Waals surface area contributed by atoms with Crippen LogP contribution in [-0.2, 0) is 4.79 Å². The highest BCUT2D eigenvalue weighted by Gasteiger charge is 2.14. The number of benzene rings is 1. The lowest BCUT2D eigenvalue weighted by atomic mass is 10.2. The molecule has 80 valence electrons. The molecule has 0 heterocycles. The molecule has 1 rings (SSSR count). The van der Waals surface area contributed by atoms with Crippen LogP contribution >= 0.6 is 15.9 Å². The molecule has 0 unspecified atom stereocenters. The second kappa shape index (κ2) is 5.12. The summed E-state index contributed by atoms with van der Waals surface area (Å²) in [7, 11) is 1.75. The highest BCUT2D eigenvalue weighted by Crippen LogP contribution is 2.25. The molecule has 0 saturated carbocycles. The normalized spacial score (nSPS) is 9.80. The maximum Gasteiger partial charge on any atom is 0.253 e. The second-order valence-electron chi connectivity index (χ2n) is 3.27. The standard InChI is InChI=1S/C12H14BrNO/c1-4-9(2)12(15)14(3)11-8-6-5-7-10(11)13/h5-8H,2,4H2,1,3H3. The lowest BCUT2D eigenvalue weighted by Crippen LogP contribution is -2.27. The van der Waals surface area contributed by atoms with Crippen molar-refractivity contribution in [2.45, 2.75) is 13.3 Å². The van der Waals surface area contributed by atoms with E-state index in [9.17, 15) is 4.79 Å². The number of likely N-dealkylation sites (N-methyl/N-ethyl adjacent to an activating group) is 1. The van der Waals surface area contributed by atoms with Crippen LogP contribution in [0.4, 0.5) is 5.69 Å². The van der Waals surface area contributed by atoms with Crippen molar-refractivity contribution in [1.82, 2.24) is 0 Å². The smallest absolute Gasteiger partial charge is 0.253 e. The Labute approximate surface area is 98.7 Å². The summed E-state index contributed by atoms with van der Waals surface area (Å²) in [6.45, 7) is 5.67. The number of rotatable bonds is 3. The van der Waals surface area contributed by atoms with Gasteiger partial charge >= 0.3 is 0 Å². The van der Waals surface area contributed by atoms with Gasteiger partial charge in [-0.15, -0.1) is 0 Å². The molecule has 0 aliphatic carbocycles. The van der Waals surface area contributed by atoms with Crippen molar-refractivity contribution < 1.29 is 4.79 Å². The summed E-state index contributed by atoms with van der Waals surface area (Å²) in [4.78, 5) is 13.4. The molecule has 1 aromatic rings. The van der Waals surface area contributed by atoms with Crippen LogP contribution in [0.1, 0.15) is 13.3 Å². The first-order valence-corrected chi connectivity index (χ1v) is 5.57. The Bertz CT molecular complexity index is 387. The largest absolute Gasteiger partial charge is 0.311 e. The van der Waals surface area contributed by atoms with Gasteiger partial charge < -0.3 is 4.90 Å². The minimum Gasteiger partial charge on any atom is -0.311 e. The number of amides is 1. The molecule has 0 radical (unpaired) electrons. The van der Waals surface area contributed by atoms with Gasteiger partial charge in [0.05, 0.1) is 5.69 Å². The molecular formula is C12H14BrNO. The van der Waals surface area contributed by atoms with Crippen LogP contribution in [0, 0.1) is 0 Å². The van der Waals surface area contributed by atoms with E-state index in [4.69, 9.17) is 0 Å². The van der Waals surface area contributed by atoms with Crippen molar-refractivity contribution in [2.24, 2.45) is 0 Å². The first-order valence-electron chi connectivity index (χ1n) is 4.78. The maximum absolute atomic E-state index is 11.8. The monoisotopic (exact) mass is 267 g/mol. The van der Waals surface area contributed by atoms with Gasteiger partial charge in [0.1, 0.15) is 0 Å². The number of anilines is 1. The zero-order valence-corrected chi connectivity index (χ0v) is 10.5. The number of nitrogens with zero attached hydrogens (tertiary/aromatic N) is 1. The molecule has 1 aromatic carbocycles. The van der Waals surface area contributed by atoms with Crippen LogP contribution in [0.5, 0.6) is 0 Å². The third-order valence-corrected chi connectivity index (χ3v) is 2.92. The summed E-state index contributed by atoms with van der Waals surface area (Å²) < 4.78 is 0.907. The van der Waals surface area contributed by atoms with E-state index in [1.54, 1.807) is 11.9 Å². The van der Waals surface area contributed by atoms with Gasteiger partial charge in [0.25, 0.3) is 5.91 Å². The molecule has 0 spiro atoms. The zero-order valence-electron chi connectivity index (χ0n) is 8.96. The summed E-state index contributed by atoms with van der Waals surface area (Å²) in [5.41, 5.74) is 1.48. The Kier molecular flexibility index (Phi) is 4.09. The van der Waals surface area contributed by atoms with Crippen LogP contribution in [0.2, 0.25) is 0 Å². The van der Waals surface area contributed by atoms with E-state index >= 15 is 0 Å². The molecule has 1 amide bonds. The lowest BCUT2D eigenvalue weighted by molar-refractivity contribution is -0.114. The number of carbonyl (C=O) groups is 1. The van der Waals surface area contributed by atoms with Crippen LogP contribution in [0.3, 0.4) is 0 Å². The van der Waals surface area contributed by atoms with Crippen molar-refractivity contribution in [3.05, 3.63) is 40.9 Å². The van der Waals surface area contributed by atoms with Crippen molar-refractivity contribution in [2.75, 3.05) is 11.9 Å². The van der Waals surface area contributed by atoms with E-state index < -0.39 is 0 Å². The number of para-hydroxylation sites is 1. The van der Waals surface area contributed by atoms with Gasteiger partial charge in [-0.3, -0.25) is 4.79 Å². The van der Waals surface area contributed by atoms with E-state index in [2.05, 4.69) is 22.5 Å². The molecular weight excluding hydrogens is 254 g/mol. The van der Waals surface area contributed by atoms with Crippen molar-refractivity contribution in [1.29, 1.82) is 0 Å². The Morgan fingerprint density at radius 1 is 1.47 bits per heavy atom. The average molecular weight is 268 g/mol. The minimum atomic E-state index is -0.0376. The first-order chi connectivity index (χ1) is 7.07.